The molecule has 2 N–H and O–H groups in total. The third kappa shape index (κ3) is 6.02. The lowest BCUT2D eigenvalue weighted by Crippen LogP contribution is -2.50. The molecule has 2 amide bonds. The predicted octanol–water partition coefficient (Wildman–Crippen LogP) is 4.33. The molecule has 1 aromatic heterocycles. The second-order valence-electron chi connectivity index (χ2n) is 8.34. The lowest BCUT2D eigenvalue weighted by molar-refractivity contribution is -0.275. The molecule has 0 aliphatic carbocycles. The van der Waals surface area contributed by atoms with Gasteiger partial charge in [-0.1, -0.05) is 0 Å². The van der Waals surface area contributed by atoms with Crippen LogP contribution in [0.15, 0.2) is 18.2 Å². The largest absolute Gasteiger partial charge is 0.573 e. The summed E-state index contributed by atoms with van der Waals surface area (Å²) in [6.45, 7) is 5.91. The molecule has 11 heteroatoms. The zero-order chi connectivity index (χ0) is 23.0. The number of alkyl halides is 3. The van der Waals surface area contributed by atoms with Gasteiger partial charge in [-0.2, -0.15) is 0 Å². The third-order valence-corrected chi connectivity index (χ3v) is 4.56. The van der Waals surface area contributed by atoms with E-state index in [-0.39, 0.29) is 29.2 Å². The summed E-state index contributed by atoms with van der Waals surface area (Å²) in [7, 11) is 0. The van der Waals surface area contributed by atoms with Crippen LogP contribution in [-0.2, 0) is 4.74 Å². The van der Waals surface area contributed by atoms with Crippen LogP contribution in [0.25, 0.3) is 10.9 Å². The number of nitrogens with zero attached hydrogens (tertiary/aromatic N) is 1. The molecule has 0 unspecified atom stereocenters. The number of carbonyl (C=O) groups excluding carboxylic acids is 2. The minimum absolute atomic E-state index is 0.0940. The van der Waals surface area contributed by atoms with Crippen LogP contribution in [-0.4, -0.2) is 53.0 Å². The molecule has 0 bridgehead atoms. The molecule has 0 radical (unpaired) electrons. The average molecular weight is 445 g/mol. The normalized spacial score (nSPS) is 17.5. The number of benzene rings is 1. The maximum atomic E-state index is 13.9. The number of rotatable bonds is 3. The SMILES string of the molecule is CC(C)(C)OC(=O)N[C@@H]1CCCN(C(=O)c2cc3cc(OC(F)(F)F)c(F)cc3[nH]2)C1. The number of likely N-dealkylation sites (tertiary alicyclic amines) is 1. The van der Waals surface area contributed by atoms with Crippen molar-refractivity contribution in [3.8, 4) is 5.75 Å². The van der Waals surface area contributed by atoms with Crippen molar-refractivity contribution in [3.63, 3.8) is 0 Å². The highest BCUT2D eigenvalue weighted by Gasteiger charge is 2.33. The second kappa shape index (κ2) is 8.27. The average Bonchev–Trinajstić information content (AvgIpc) is 3.01. The lowest BCUT2D eigenvalue weighted by atomic mass is 10.1. The standard InChI is InChI=1S/C20H23F4N3O4/c1-19(2,3)31-18(29)25-12-5-4-6-27(10-12)17(28)15-7-11-8-16(30-20(22,23)24)13(21)9-14(11)26-15/h7-9,12,26H,4-6,10H2,1-3H3,(H,25,29)/t12-/m1/s1. The zero-order valence-electron chi connectivity index (χ0n) is 17.2. The number of nitrogens with one attached hydrogen (secondary N) is 2. The Bertz CT molecular complexity index is 981. The molecule has 2 aromatic rings. The van der Waals surface area contributed by atoms with Crippen molar-refractivity contribution in [3.05, 3.63) is 29.7 Å². The number of halogens is 4. The van der Waals surface area contributed by atoms with Gasteiger partial charge < -0.3 is 24.7 Å². The van der Waals surface area contributed by atoms with Gasteiger partial charge in [-0.3, -0.25) is 4.79 Å². The highest BCUT2D eigenvalue weighted by Crippen LogP contribution is 2.30. The summed E-state index contributed by atoms with van der Waals surface area (Å²) < 4.78 is 60.1. The zero-order valence-corrected chi connectivity index (χ0v) is 17.2. The number of carbonyl (C=O) groups is 2. The summed E-state index contributed by atoms with van der Waals surface area (Å²) in [6.07, 6.45) is -4.30. The summed E-state index contributed by atoms with van der Waals surface area (Å²) in [5.74, 6) is -2.59. The van der Waals surface area contributed by atoms with Gasteiger partial charge in [0.25, 0.3) is 5.91 Å². The van der Waals surface area contributed by atoms with Crippen LogP contribution in [0.1, 0.15) is 44.1 Å². The molecule has 1 saturated heterocycles. The van der Waals surface area contributed by atoms with Crippen molar-refractivity contribution >= 4 is 22.9 Å². The maximum absolute atomic E-state index is 13.9. The van der Waals surface area contributed by atoms with Gasteiger partial charge in [0.2, 0.25) is 0 Å². The van der Waals surface area contributed by atoms with E-state index in [2.05, 4.69) is 15.0 Å². The molecule has 3 rings (SSSR count). The summed E-state index contributed by atoms with van der Waals surface area (Å²) in [5, 5.41) is 2.94. The molecule has 31 heavy (non-hydrogen) atoms. The molecule has 1 aliphatic rings. The predicted molar refractivity (Wildman–Crippen MR) is 103 cm³/mol. The highest BCUT2D eigenvalue weighted by molar-refractivity contribution is 5.98. The Morgan fingerprint density at radius 1 is 1.19 bits per heavy atom. The summed E-state index contributed by atoms with van der Waals surface area (Å²) in [5.41, 5.74) is -0.393. The number of aromatic amines is 1. The van der Waals surface area contributed by atoms with Crippen LogP contribution >= 0.6 is 0 Å². The van der Waals surface area contributed by atoms with Gasteiger partial charge in [0.1, 0.15) is 11.3 Å². The molecule has 0 saturated carbocycles. The van der Waals surface area contributed by atoms with Crippen molar-refractivity contribution in [2.75, 3.05) is 13.1 Å². The quantitative estimate of drug-likeness (QED) is 0.689. The van der Waals surface area contributed by atoms with E-state index < -0.39 is 35.5 Å². The Balaban J connectivity index is 1.72. The maximum Gasteiger partial charge on any atom is 0.573 e. The first-order chi connectivity index (χ1) is 14.3. The Morgan fingerprint density at radius 2 is 1.90 bits per heavy atom. The van der Waals surface area contributed by atoms with Crippen molar-refractivity contribution in [1.29, 1.82) is 0 Å². The number of H-pyrrole nitrogens is 1. The van der Waals surface area contributed by atoms with Crippen LogP contribution in [0.3, 0.4) is 0 Å². The first kappa shape index (κ1) is 22.7. The molecule has 170 valence electrons. The number of hydrogen-bond acceptors (Lipinski definition) is 4. The monoisotopic (exact) mass is 445 g/mol. The lowest BCUT2D eigenvalue weighted by Gasteiger charge is -2.33. The molecule has 7 nitrogen and oxygen atoms in total. The molecule has 1 aromatic carbocycles. The van der Waals surface area contributed by atoms with E-state index in [1.165, 1.54) is 11.0 Å². The van der Waals surface area contributed by atoms with Gasteiger partial charge in [-0.25, -0.2) is 9.18 Å². The van der Waals surface area contributed by atoms with E-state index in [0.717, 1.165) is 12.1 Å². The fraction of sp³-hybridized carbons (Fsp3) is 0.500. The van der Waals surface area contributed by atoms with Crippen LogP contribution in [0.2, 0.25) is 0 Å². The molecule has 1 fully saturated rings. The van der Waals surface area contributed by atoms with Crippen molar-refractivity contribution in [2.24, 2.45) is 0 Å². The fourth-order valence-electron chi connectivity index (χ4n) is 3.38. The number of alkyl carbamates (subject to hydrolysis) is 1. The van der Waals surface area contributed by atoms with Crippen LogP contribution in [0, 0.1) is 5.82 Å². The van der Waals surface area contributed by atoms with Crippen molar-refractivity contribution in [2.45, 2.75) is 51.6 Å². The summed E-state index contributed by atoms with van der Waals surface area (Å²) >= 11 is 0. The second-order valence-corrected chi connectivity index (χ2v) is 8.34. The van der Waals surface area contributed by atoms with Gasteiger partial charge in [-0.05, 0) is 45.7 Å². The number of ether oxygens (including phenoxy) is 2. The first-order valence-electron chi connectivity index (χ1n) is 9.67. The van der Waals surface area contributed by atoms with Gasteiger partial charge in [0.15, 0.2) is 11.6 Å². The van der Waals surface area contributed by atoms with E-state index in [1.54, 1.807) is 20.8 Å². The molecular formula is C20H23F4N3O4. The molecule has 0 spiro atoms. The molecule has 1 atom stereocenters. The Morgan fingerprint density at radius 3 is 2.55 bits per heavy atom. The minimum atomic E-state index is -5.03. The van der Waals surface area contributed by atoms with Crippen LogP contribution in [0.4, 0.5) is 22.4 Å². The number of piperidine rings is 1. The van der Waals surface area contributed by atoms with Crippen molar-refractivity contribution in [1.82, 2.24) is 15.2 Å². The molecule has 1 aliphatic heterocycles. The van der Waals surface area contributed by atoms with Crippen LogP contribution in [0.5, 0.6) is 5.75 Å². The fourth-order valence-corrected chi connectivity index (χ4v) is 3.38. The number of hydrogen-bond donors (Lipinski definition) is 2. The number of fused-ring (bicyclic) bond motifs is 1. The summed E-state index contributed by atoms with van der Waals surface area (Å²) in [4.78, 5) is 29.1. The summed E-state index contributed by atoms with van der Waals surface area (Å²) in [6, 6.07) is 2.76. The van der Waals surface area contributed by atoms with Gasteiger partial charge >= 0.3 is 12.5 Å². The van der Waals surface area contributed by atoms with Crippen molar-refractivity contribution < 1.29 is 36.6 Å². The van der Waals surface area contributed by atoms with E-state index in [1.807, 2.05) is 0 Å². The third-order valence-electron chi connectivity index (χ3n) is 4.56. The van der Waals surface area contributed by atoms with E-state index >= 15 is 0 Å². The van der Waals surface area contributed by atoms with Gasteiger partial charge in [0, 0.05) is 36.1 Å². The highest BCUT2D eigenvalue weighted by atomic mass is 19.4. The van der Waals surface area contributed by atoms with Gasteiger partial charge in [-0.15, -0.1) is 13.2 Å². The van der Waals surface area contributed by atoms with Gasteiger partial charge in [0.05, 0.1) is 0 Å². The topological polar surface area (TPSA) is 83.7 Å². The Labute approximate surface area is 175 Å². The number of aromatic nitrogens is 1. The Hall–Kier alpha value is -2.98. The van der Waals surface area contributed by atoms with E-state index in [4.69, 9.17) is 4.74 Å². The number of amides is 2. The minimum Gasteiger partial charge on any atom is -0.444 e. The Kier molecular flexibility index (Phi) is 6.06. The van der Waals surface area contributed by atoms with Crippen LogP contribution < -0.4 is 10.1 Å². The molecule has 2 heterocycles. The molecular weight excluding hydrogens is 422 g/mol. The first-order valence-corrected chi connectivity index (χ1v) is 9.67. The van der Waals surface area contributed by atoms with E-state index in [0.29, 0.717) is 19.4 Å². The van der Waals surface area contributed by atoms with E-state index in [9.17, 15) is 27.2 Å². The smallest absolute Gasteiger partial charge is 0.444 e.